The molecule has 25 heavy (non-hydrogen) atoms. The predicted molar refractivity (Wildman–Crippen MR) is 107 cm³/mol. The van der Waals surface area contributed by atoms with Gasteiger partial charge in [-0.05, 0) is 12.8 Å². The van der Waals surface area contributed by atoms with Crippen LogP contribution in [0.2, 0.25) is 0 Å². The lowest BCUT2D eigenvalue weighted by atomic mass is 9.88. The molecule has 0 heterocycles. The molecule has 0 fully saturated rings. The van der Waals surface area contributed by atoms with Gasteiger partial charge in [-0.3, -0.25) is 4.79 Å². The van der Waals surface area contributed by atoms with Crippen LogP contribution < -0.4 is 0 Å². The van der Waals surface area contributed by atoms with Crippen molar-refractivity contribution in [3.8, 4) is 0 Å². The van der Waals surface area contributed by atoms with Gasteiger partial charge in [-0.15, -0.1) is 0 Å². The normalized spacial score (nSPS) is 13.7. The van der Waals surface area contributed by atoms with E-state index in [0.29, 0.717) is 12.8 Å². The molecule has 1 unspecified atom stereocenters. The van der Waals surface area contributed by atoms with E-state index in [1.54, 1.807) is 0 Å². The van der Waals surface area contributed by atoms with Gasteiger partial charge in [0.1, 0.15) is 0 Å². The number of aliphatic hydroxyl groups is 1. The summed E-state index contributed by atoms with van der Waals surface area (Å²) in [5.74, 6) is -0.888. The molecule has 0 aromatic rings. The SMILES string of the molecule is CCCCCCCCCCCCCCCCC(O)(CCC)CC(=O)O. The number of carboxylic acid groups (broad SMARTS) is 1. The first-order valence-electron chi connectivity index (χ1n) is 11.0. The number of hydrogen-bond donors (Lipinski definition) is 2. The first kappa shape index (κ1) is 24.4. The Morgan fingerprint density at radius 1 is 0.640 bits per heavy atom. The molecule has 150 valence electrons. The Morgan fingerprint density at radius 3 is 1.40 bits per heavy atom. The van der Waals surface area contributed by atoms with E-state index in [1.165, 1.54) is 77.0 Å². The smallest absolute Gasteiger partial charge is 0.306 e. The van der Waals surface area contributed by atoms with Crippen molar-refractivity contribution in [1.82, 2.24) is 0 Å². The largest absolute Gasteiger partial charge is 0.481 e. The zero-order valence-corrected chi connectivity index (χ0v) is 17.0. The highest BCUT2D eigenvalue weighted by Crippen LogP contribution is 2.25. The van der Waals surface area contributed by atoms with Gasteiger partial charge in [0, 0.05) is 0 Å². The van der Waals surface area contributed by atoms with E-state index in [1.807, 2.05) is 6.92 Å². The molecule has 0 aliphatic heterocycles. The lowest BCUT2D eigenvalue weighted by molar-refractivity contribution is -0.143. The average Bonchev–Trinajstić information content (AvgIpc) is 2.54. The van der Waals surface area contributed by atoms with Gasteiger partial charge < -0.3 is 10.2 Å². The van der Waals surface area contributed by atoms with Crippen LogP contribution in [0.3, 0.4) is 0 Å². The lowest BCUT2D eigenvalue weighted by Crippen LogP contribution is -2.31. The fourth-order valence-corrected chi connectivity index (χ4v) is 3.70. The van der Waals surface area contributed by atoms with Gasteiger partial charge in [-0.25, -0.2) is 0 Å². The fourth-order valence-electron chi connectivity index (χ4n) is 3.70. The number of rotatable bonds is 19. The highest BCUT2D eigenvalue weighted by Gasteiger charge is 2.28. The van der Waals surface area contributed by atoms with Crippen LogP contribution >= 0.6 is 0 Å². The first-order valence-corrected chi connectivity index (χ1v) is 11.0. The van der Waals surface area contributed by atoms with Crippen molar-refractivity contribution < 1.29 is 15.0 Å². The molecular formula is C22H44O3. The molecule has 0 aromatic carbocycles. The second-order valence-corrected chi connectivity index (χ2v) is 7.89. The maximum atomic E-state index is 10.9. The number of unbranched alkanes of at least 4 members (excludes halogenated alkanes) is 13. The molecule has 0 radical (unpaired) electrons. The Bertz CT molecular complexity index is 304. The van der Waals surface area contributed by atoms with Crippen molar-refractivity contribution in [2.75, 3.05) is 0 Å². The first-order chi connectivity index (χ1) is 12.0. The van der Waals surface area contributed by atoms with Gasteiger partial charge in [0.25, 0.3) is 0 Å². The van der Waals surface area contributed by atoms with Crippen LogP contribution in [0.15, 0.2) is 0 Å². The van der Waals surface area contributed by atoms with Crippen molar-refractivity contribution in [3.63, 3.8) is 0 Å². The summed E-state index contributed by atoms with van der Waals surface area (Å²) in [4.78, 5) is 10.9. The highest BCUT2D eigenvalue weighted by atomic mass is 16.4. The molecule has 2 N–H and O–H groups in total. The maximum absolute atomic E-state index is 10.9. The summed E-state index contributed by atoms with van der Waals surface area (Å²) in [5, 5.41) is 19.3. The van der Waals surface area contributed by atoms with Gasteiger partial charge in [-0.1, -0.05) is 110 Å². The topological polar surface area (TPSA) is 57.5 Å². The van der Waals surface area contributed by atoms with Gasteiger partial charge in [-0.2, -0.15) is 0 Å². The Hall–Kier alpha value is -0.570. The third kappa shape index (κ3) is 16.6. The van der Waals surface area contributed by atoms with E-state index < -0.39 is 11.6 Å². The monoisotopic (exact) mass is 356 g/mol. The molecule has 0 aromatic heterocycles. The lowest BCUT2D eigenvalue weighted by Gasteiger charge is -2.26. The zero-order valence-electron chi connectivity index (χ0n) is 17.0. The standard InChI is InChI=1S/C22H44O3/c1-3-5-6-7-8-9-10-11-12-13-14-15-16-17-19-22(25,18-4-2)20-21(23)24/h25H,3-20H2,1-2H3,(H,23,24). The summed E-state index contributed by atoms with van der Waals surface area (Å²) in [6, 6.07) is 0. The number of carbonyl (C=O) groups is 1. The second kappa shape index (κ2) is 16.9. The molecule has 0 amide bonds. The van der Waals surface area contributed by atoms with E-state index in [2.05, 4.69) is 6.92 Å². The third-order valence-electron chi connectivity index (χ3n) is 5.19. The zero-order chi connectivity index (χ0) is 18.8. The molecule has 0 saturated heterocycles. The fraction of sp³-hybridized carbons (Fsp3) is 0.955. The summed E-state index contributed by atoms with van der Waals surface area (Å²) < 4.78 is 0. The van der Waals surface area contributed by atoms with Crippen molar-refractivity contribution in [2.24, 2.45) is 0 Å². The van der Waals surface area contributed by atoms with Crippen LogP contribution in [-0.2, 0) is 4.79 Å². The minimum absolute atomic E-state index is 0.112. The second-order valence-electron chi connectivity index (χ2n) is 7.89. The maximum Gasteiger partial charge on any atom is 0.306 e. The van der Waals surface area contributed by atoms with Crippen LogP contribution in [0.4, 0.5) is 0 Å². The highest BCUT2D eigenvalue weighted by molar-refractivity contribution is 5.68. The molecule has 0 saturated carbocycles. The Balaban J connectivity index is 3.41. The Kier molecular flexibility index (Phi) is 16.5. The molecule has 0 aliphatic carbocycles. The molecule has 0 rings (SSSR count). The number of hydrogen-bond acceptors (Lipinski definition) is 2. The molecule has 0 bridgehead atoms. The molecular weight excluding hydrogens is 312 g/mol. The summed E-state index contributed by atoms with van der Waals surface area (Å²) in [6.07, 6.45) is 20.3. The Labute approximate surface area is 156 Å². The summed E-state index contributed by atoms with van der Waals surface area (Å²) in [5.41, 5.74) is -0.988. The van der Waals surface area contributed by atoms with Gasteiger partial charge in [0.05, 0.1) is 12.0 Å². The predicted octanol–water partition coefficient (Wildman–Crippen LogP) is 6.86. The molecule has 0 spiro atoms. The van der Waals surface area contributed by atoms with Crippen LogP contribution in [0.5, 0.6) is 0 Å². The minimum atomic E-state index is -0.988. The van der Waals surface area contributed by atoms with Crippen molar-refractivity contribution in [3.05, 3.63) is 0 Å². The Morgan fingerprint density at radius 2 is 1.04 bits per heavy atom. The molecule has 3 nitrogen and oxygen atoms in total. The molecule has 3 heteroatoms. The van der Waals surface area contributed by atoms with E-state index in [4.69, 9.17) is 5.11 Å². The number of carboxylic acids is 1. The third-order valence-corrected chi connectivity index (χ3v) is 5.19. The van der Waals surface area contributed by atoms with E-state index >= 15 is 0 Å². The van der Waals surface area contributed by atoms with E-state index in [9.17, 15) is 9.90 Å². The van der Waals surface area contributed by atoms with Crippen LogP contribution in [0.25, 0.3) is 0 Å². The van der Waals surface area contributed by atoms with E-state index in [-0.39, 0.29) is 6.42 Å². The van der Waals surface area contributed by atoms with E-state index in [0.717, 1.165) is 19.3 Å². The van der Waals surface area contributed by atoms with Gasteiger partial charge in [0.2, 0.25) is 0 Å². The van der Waals surface area contributed by atoms with Crippen LogP contribution in [0.1, 0.15) is 129 Å². The van der Waals surface area contributed by atoms with Crippen molar-refractivity contribution in [1.29, 1.82) is 0 Å². The number of aliphatic carboxylic acids is 1. The summed E-state index contributed by atoms with van der Waals surface area (Å²) in [6.45, 7) is 4.26. The summed E-state index contributed by atoms with van der Waals surface area (Å²) >= 11 is 0. The summed E-state index contributed by atoms with van der Waals surface area (Å²) in [7, 11) is 0. The molecule has 1 atom stereocenters. The van der Waals surface area contributed by atoms with Gasteiger partial charge in [0.15, 0.2) is 0 Å². The van der Waals surface area contributed by atoms with Gasteiger partial charge >= 0.3 is 5.97 Å². The van der Waals surface area contributed by atoms with Crippen LogP contribution in [-0.4, -0.2) is 21.8 Å². The minimum Gasteiger partial charge on any atom is -0.481 e. The average molecular weight is 357 g/mol. The van der Waals surface area contributed by atoms with Crippen molar-refractivity contribution >= 4 is 5.97 Å². The quantitative estimate of drug-likeness (QED) is 0.248. The molecule has 0 aliphatic rings. The van der Waals surface area contributed by atoms with Crippen LogP contribution in [0, 0.1) is 0 Å². The van der Waals surface area contributed by atoms with Crippen molar-refractivity contribution in [2.45, 2.75) is 135 Å².